The molecular weight excluding hydrogens is 370 g/mol. The van der Waals surface area contributed by atoms with E-state index in [-0.39, 0.29) is 35.2 Å². The molecule has 2 aromatic rings. The molecule has 0 fully saturated rings. The van der Waals surface area contributed by atoms with Gasteiger partial charge in [-0.1, -0.05) is 0 Å². The monoisotopic (exact) mass is 389 g/mol. The predicted molar refractivity (Wildman–Crippen MR) is 97.0 cm³/mol. The van der Waals surface area contributed by atoms with Gasteiger partial charge in [0.2, 0.25) is 5.75 Å². The Balaban J connectivity index is 2.25. The number of hydrogen-bond acceptors (Lipinski definition) is 8. The van der Waals surface area contributed by atoms with Gasteiger partial charge in [0.25, 0.3) is 5.91 Å². The van der Waals surface area contributed by atoms with Crippen molar-refractivity contribution < 1.29 is 38.1 Å². The molecule has 0 saturated carbocycles. The molecular formula is C19H19NO8. The summed E-state index contributed by atoms with van der Waals surface area (Å²) >= 11 is 0. The van der Waals surface area contributed by atoms with Crippen molar-refractivity contribution in [3.8, 4) is 23.0 Å². The zero-order chi connectivity index (χ0) is 20.7. The van der Waals surface area contributed by atoms with Crippen LogP contribution < -0.4 is 24.7 Å². The Labute approximate surface area is 160 Å². The Morgan fingerprint density at radius 1 is 0.857 bits per heavy atom. The van der Waals surface area contributed by atoms with Crippen LogP contribution in [0.25, 0.3) is 0 Å². The summed E-state index contributed by atoms with van der Waals surface area (Å²) in [5.41, 5.74) is 5.52. The van der Waals surface area contributed by atoms with E-state index in [0.29, 0.717) is 5.56 Å². The number of amides is 1. The number of ether oxygens (including phenoxy) is 5. The lowest BCUT2D eigenvalue weighted by Gasteiger charge is -2.15. The molecule has 148 valence electrons. The zero-order valence-electron chi connectivity index (χ0n) is 15.5. The van der Waals surface area contributed by atoms with Gasteiger partial charge < -0.3 is 29.4 Å². The minimum absolute atomic E-state index is 0.122. The topological polar surface area (TPSA) is 123 Å². The summed E-state index contributed by atoms with van der Waals surface area (Å²) in [6, 6.07) is 8.62. The third-order valence-corrected chi connectivity index (χ3v) is 3.54. The summed E-state index contributed by atoms with van der Waals surface area (Å²) in [5, 5.41) is 0. The number of methoxy groups -OCH3 is 3. The minimum Gasteiger partial charge on any atom is -0.493 e. The molecule has 0 spiro atoms. The maximum absolute atomic E-state index is 12.5. The Kier molecular flexibility index (Phi) is 6.80. The number of primary amides is 1. The third-order valence-electron chi connectivity index (χ3n) is 3.54. The largest absolute Gasteiger partial charge is 0.493 e. The highest BCUT2D eigenvalue weighted by Gasteiger charge is 2.19. The van der Waals surface area contributed by atoms with Crippen LogP contribution in [-0.4, -0.2) is 45.8 Å². The number of carbonyl (C=O) groups is 3. The van der Waals surface area contributed by atoms with Crippen LogP contribution in [0.5, 0.6) is 23.0 Å². The SMILES string of the molecule is COC(=O)c1ccc(OC(=O)c2cc(OC)c(OCC(N)=O)c(OC)c2)cc1. The van der Waals surface area contributed by atoms with Gasteiger partial charge in [0.05, 0.1) is 32.5 Å². The van der Waals surface area contributed by atoms with Crippen LogP contribution >= 0.6 is 0 Å². The highest BCUT2D eigenvalue weighted by atomic mass is 16.5. The first-order valence-electron chi connectivity index (χ1n) is 7.97. The van der Waals surface area contributed by atoms with Gasteiger partial charge in [-0.2, -0.15) is 0 Å². The molecule has 9 nitrogen and oxygen atoms in total. The lowest BCUT2D eigenvalue weighted by molar-refractivity contribution is -0.120. The third kappa shape index (κ3) is 4.91. The molecule has 0 aliphatic carbocycles. The quantitative estimate of drug-likeness (QED) is 0.533. The smallest absolute Gasteiger partial charge is 0.343 e. The fraction of sp³-hybridized carbons (Fsp3) is 0.211. The molecule has 2 rings (SSSR count). The van der Waals surface area contributed by atoms with Crippen LogP contribution in [0.15, 0.2) is 36.4 Å². The molecule has 0 heterocycles. The first kappa shape index (κ1) is 20.6. The van der Waals surface area contributed by atoms with Crippen molar-refractivity contribution in [2.45, 2.75) is 0 Å². The lowest BCUT2D eigenvalue weighted by Crippen LogP contribution is -2.20. The van der Waals surface area contributed by atoms with E-state index < -0.39 is 17.8 Å². The van der Waals surface area contributed by atoms with Crippen molar-refractivity contribution in [1.82, 2.24) is 0 Å². The van der Waals surface area contributed by atoms with Crippen molar-refractivity contribution in [2.75, 3.05) is 27.9 Å². The summed E-state index contributed by atoms with van der Waals surface area (Å²) in [6.07, 6.45) is 0. The van der Waals surface area contributed by atoms with Crippen molar-refractivity contribution in [3.63, 3.8) is 0 Å². The summed E-state index contributed by atoms with van der Waals surface area (Å²) in [7, 11) is 4.01. The van der Waals surface area contributed by atoms with E-state index in [1.54, 1.807) is 0 Å². The molecule has 0 aliphatic rings. The van der Waals surface area contributed by atoms with Gasteiger partial charge in [0.1, 0.15) is 5.75 Å². The molecule has 0 saturated heterocycles. The van der Waals surface area contributed by atoms with Crippen LogP contribution in [-0.2, 0) is 9.53 Å². The van der Waals surface area contributed by atoms with Crippen molar-refractivity contribution in [2.24, 2.45) is 5.73 Å². The van der Waals surface area contributed by atoms with Crippen LogP contribution in [0.1, 0.15) is 20.7 Å². The van der Waals surface area contributed by atoms with E-state index in [0.717, 1.165) is 0 Å². The van der Waals surface area contributed by atoms with Gasteiger partial charge >= 0.3 is 11.9 Å². The molecule has 2 aromatic carbocycles. The second-order valence-corrected chi connectivity index (χ2v) is 5.37. The van der Waals surface area contributed by atoms with Gasteiger partial charge in [-0.25, -0.2) is 9.59 Å². The average Bonchev–Trinajstić information content (AvgIpc) is 2.71. The van der Waals surface area contributed by atoms with Crippen molar-refractivity contribution in [1.29, 1.82) is 0 Å². The van der Waals surface area contributed by atoms with Gasteiger partial charge in [0, 0.05) is 0 Å². The summed E-state index contributed by atoms with van der Waals surface area (Å²) in [4.78, 5) is 34.8. The maximum atomic E-state index is 12.5. The number of esters is 2. The number of carbonyl (C=O) groups excluding carboxylic acids is 3. The van der Waals surface area contributed by atoms with E-state index >= 15 is 0 Å². The fourth-order valence-corrected chi connectivity index (χ4v) is 2.23. The normalized spacial score (nSPS) is 9.96. The van der Waals surface area contributed by atoms with Crippen molar-refractivity contribution in [3.05, 3.63) is 47.5 Å². The van der Waals surface area contributed by atoms with Gasteiger partial charge in [-0.15, -0.1) is 0 Å². The number of rotatable bonds is 8. The number of nitrogens with two attached hydrogens (primary N) is 1. The molecule has 0 unspecified atom stereocenters. The van der Waals surface area contributed by atoms with Crippen LogP contribution in [0.2, 0.25) is 0 Å². The van der Waals surface area contributed by atoms with Crippen LogP contribution in [0.3, 0.4) is 0 Å². The van der Waals surface area contributed by atoms with Gasteiger partial charge in [-0.05, 0) is 36.4 Å². The van der Waals surface area contributed by atoms with E-state index in [4.69, 9.17) is 24.7 Å². The summed E-state index contributed by atoms with van der Waals surface area (Å²) in [6.45, 7) is -0.386. The first-order valence-corrected chi connectivity index (χ1v) is 7.97. The highest BCUT2D eigenvalue weighted by Crippen LogP contribution is 2.38. The van der Waals surface area contributed by atoms with Gasteiger partial charge in [0.15, 0.2) is 18.1 Å². The van der Waals surface area contributed by atoms with Crippen molar-refractivity contribution >= 4 is 17.8 Å². The maximum Gasteiger partial charge on any atom is 0.343 e. The van der Waals surface area contributed by atoms with Gasteiger partial charge in [-0.3, -0.25) is 4.79 Å². The molecule has 0 aliphatic heterocycles. The summed E-state index contributed by atoms with van der Waals surface area (Å²) < 4.78 is 25.6. The molecule has 9 heteroatoms. The minimum atomic E-state index is -0.691. The zero-order valence-corrected chi connectivity index (χ0v) is 15.5. The van der Waals surface area contributed by atoms with E-state index in [1.165, 1.54) is 57.7 Å². The van der Waals surface area contributed by atoms with E-state index in [2.05, 4.69) is 4.74 Å². The van der Waals surface area contributed by atoms with Crippen LogP contribution in [0.4, 0.5) is 0 Å². The first-order chi connectivity index (χ1) is 13.4. The Morgan fingerprint density at radius 2 is 1.43 bits per heavy atom. The second-order valence-electron chi connectivity index (χ2n) is 5.37. The molecule has 0 aromatic heterocycles. The predicted octanol–water partition coefficient (Wildman–Crippen LogP) is 1.57. The Bertz CT molecular complexity index is 851. The van der Waals surface area contributed by atoms with E-state index in [1.807, 2.05) is 0 Å². The second kappa shape index (κ2) is 9.26. The Morgan fingerprint density at radius 3 is 1.89 bits per heavy atom. The molecule has 28 heavy (non-hydrogen) atoms. The highest BCUT2D eigenvalue weighted by molar-refractivity contribution is 5.93. The molecule has 0 atom stereocenters. The standard InChI is InChI=1S/C19H19NO8/c1-24-14-8-12(9-15(25-2)17(14)27-10-16(20)21)19(23)28-13-6-4-11(5-7-13)18(22)26-3/h4-9H,10H2,1-3H3,(H2,20,21). The van der Waals surface area contributed by atoms with Crippen LogP contribution in [0, 0.1) is 0 Å². The summed E-state index contributed by atoms with van der Waals surface area (Å²) in [5.74, 6) is -1.19. The Hall–Kier alpha value is -3.75. The number of benzene rings is 2. The average molecular weight is 389 g/mol. The lowest BCUT2D eigenvalue weighted by atomic mass is 10.1. The molecule has 0 bridgehead atoms. The molecule has 0 radical (unpaired) electrons. The van der Waals surface area contributed by atoms with E-state index in [9.17, 15) is 14.4 Å². The molecule has 1 amide bonds. The number of hydrogen-bond donors (Lipinski definition) is 1. The molecule has 2 N–H and O–H groups in total. The fourth-order valence-electron chi connectivity index (χ4n) is 2.23.